The Morgan fingerprint density at radius 1 is 1.43 bits per heavy atom. The molecule has 0 fully saturated rings. The molecule has 1 heterocycles. The summed E-state index contributed by atoms with van der Waals surface area (Å²) in [7, 11) is 0. The molecule has 0 bridgehead atoms. The highest BCUT2D eigenvalue weighted by Crippen LogP contribution is 2.20. The fourth-order valence-electron chi connectivity index (χ4n) is 1.62. The first-order chi connectivity index (χ1) is 9.95. The minimum atomic E-state index is -1.16. The van der Waals surface area contributed by atoms with Crippen LogP contribution in [0.1, 0.15) is 20.2 Å². The Hall–Kier alpha value is -2.12. The van der Waals surface area contributed by atoms with Crippen molar-refractivity contribution in [2.45, 2.75) is 13.5 Å². The fourth-order valence-corrected chi connectivity index (χ4v) is 2.53. The van der Waals surface area contributed by atoms with Crippen LogP contribution in [0.25, 0.3) is 0 Å². The predicted molar refractivity (Wildman–Crippen MR) is 81.1 cm³/mol. The van der Waals surface area contributed by atoms with Crippen LogP contribution < -0.4 is 10.6 Å². The Morgan fingerprint density at radius 2 is 2.19 bits per heavy atom. The van der Waals surface area contributed by atoms with Crippen molar-refractivity contribution in [1.82, 2.24) is 10.3 Å². The number of benzene rings is 1. The van der Waals surface area contributed by atoms with E-state index in [0.29, 0.717) is 11.6 Å². The monoisotopic (exact) mass is 325 g/mol. The number of rotatable bonds is 4. The number of carboxylic acids is 1. The van der Waals surface area contributed by atoms with Crippen molar-refractivity contribution in [3.05, 3.63) is 44.9 Å². The van der Waals surface area contributed by atoms with Crippen LogP contribution in [-0.4, -0.2) is 22.1 Å². The Morgan fingerprint density at radius 3 is 2.81 bits per heavy atom. The largest absolute Gasteiger partial charge is 0.478 e. The zero-order chi connectivity index (χ0) is 15.4. The third kappa shape index (κ3) is 4.17. The molecule has 0 spiro atoms. The first-order valence-electron chi connectivity index (χ1n) is 5.94. The summed E-state index contributed by atoms with van der Waals surface area (Å²) in [6.45, 7) is 2.20. The number of carbonyl (C=O) groups is 2. The lowest BCUT2D eigenvalue weighted by Crippen LogP contribution is -2.28. The topological polar surface area (TPSA) is 91.3 Å². The van der Waals surface area contributed by atoms with Gasteiger partial charge in [0.25, 0.3) is 0 Å². The maximum Gasteiger partial charge on any atom is 0.337 e. The molecule has 1 aromatic carbocycles. The Bertz CT molecular complexity index is 687. The number of anilines is 1. The molecule has 0 saturated carbocycles. The maximum atomic E-state index is 11.8. The van der Waals surface area contributed by atoms with E-state index in [9.17, 15) is 9.59 Å². The van der Waals surface area contributed by atoms with Gasteiger partial charge < -0.3 is 15.7 Å². The van der Waals surface area contributed by atoms with E-state index in [0.717, 1.165) is 9.88 Å². The fraction of sp³-hybridized carbons (Fsp3) is 0.154. The zero-order valence-electron chi connectivity index (χ0n) is 11.0. The van der Waals surface area contributed by atoms with E-state index in [2.05, 4.69) is 15.6 Å². The summed E-state index contributed by atoms with van der Waals surface area (Å²) in [6, 6.07) is 3.75. The van der Waals surface area contributed by atoms with Crippen molar-refractivity contribution in [2.75, 3.05) is 5.32 Å². The van der Waals surface area contributed by atoms with E-state index >= 15 is 0 Å². The number of halogens is 1. The molecule has 0 aliphatic rings. The molecule has 0 aliphatic heterocycles. The first-order valence-corrected chi connectivity index (χ1v) is 7.14. The highest BCUT2D eigenvalue weighted by Gasteiger charge is 2.13. The van der Waals surface area contributed by atoms with Crippen molar-refractivity contribution >= 4 is 40.6 Å². The molecule has 0 atom stereocenters. The summed E-state index contributed by atoms with van der Waals surface area (Å²) in [6.07, 6.45) is 1.69. The van der Waals surface area contributed by atoms with Crippen molar-refractivity contribution in [1.29, 1.82) is 0 Å². The van der Waals surface area contributed by atoms with E-state index in [4.69, 9.17) is 16.7 Å². The summed E-state index contributed by atoms with van der Waals surface area (Å²) < 4.78 is 0. The molecule has 21 heavy (non-hydrogen) atoms. The molecule has 1 aromatic heterocycles. The van der Waals surface area contributed by atoms with E-state index in [1.807, 2.05) is 6.92 Å². The third-order valence-electron chi connectivity index (χ3n) is 2.55. The summed E-state index contributed by atoms with van der Waals surface area (Å²) in [5.41, 5.74) is 0.121. The lowest BCUT2D eigenvalue weighted by Gasteiger charge is -2.09. The van der Waals surface area contributed by atoms with Crippen LogP contribution in [0.2, 0.25) is 5.02 Å². The molecule has 0 unspecified atom stereocenters. The van der Waals surface area contributed by atoms with Gasteiger partial charge in [-0.1, -0.05) is 11.6 Å². The number of carboxylic acid groups (broad SMARTS) is 1. The molecule has 110 valence electrons. The van der Waals surface area contributed by atoms with Crippen LogP contribution in [0.5, 0.6) is 0 Å². The SMILES string of the molecule is Cc1ncc(CNC(=O)Nc2ccc(Cl)cc2C(=O)O)s1. The molecule has 2 rings (SSSR count). The number of amides is 2. The number of nitrogens with one attached hydrogen (secondary N) is 2. The van der Waals surface area contributed by atoms with E-state index < -0.39 is 12.0 Å². The average molecular weight is 326 g/mol. The predicted octanol–water partition coefficient (Wildman–Crippen LogP) is 3.12. The van der Waals surface area contributed by atoms with Crippen LogP contribution in [0.3, 0.4) is 0 Å². The van der Waals surface area contributed by atoms with Gasteiger partial charge in [0.1, 0.15) is 0 Å². The lowest BCUT2D eigenvalue weighted by atomic mass is 10.2. The van der Waals surface area contributed by atoms with Crippen molar-refractivity contribution in [3.63, 3.8) is 0 Å². The van der Waals surface area contributed by atoms with Crippen LogP contribution in [0.4, 0.5) is 10.5 Å². The minimum Gasteiger partial charge on any atom is -0.478 e. The molecule has 0 radical (unpaired) electrons. The quantitative estimate of drug-likeness (QED) is 0.805. The summed E-state index contributed by atoms with van der Waals surface area (Å²) in [5, 5.41) is 15.4. The van der Waals surface area contributed by atoms with Crippen molar-refractivity contribution in [2.24, 2.45) is 0 Å². The number of aryl methyl sites for hydroxylation is 1. The number of carbonyl (C=O) groups excluding carboxylic acids is 1. The van der Waals surface area contributed by atoms with Gasteiger partial charge in [0.2, 0.25) is 0 Å². The zero-order valence-corrected chi connectivity index (χ0v) is 12.6. The number of thiazole rings is 1. The highest BCUT2D eigenvalue weighted by atomic mass is 35.5. The molecule has 8 heteroatoms. The number of nitrogens with zero attached hydrogens (tertiary/aromatic N) is 1. The molecule has 0 aliphatic carbocycles. The highest BCUT2D eigenvalue weighted by molar-refractivity contribution is 7.11. The van der Waals surface area contributed by atoms with Crippen molar-refractivity contribution in [3.8, 4) is 0 Å². The van der Waals surface area contributed by atoms with Gasteiger partial charge >= 0.3 is 12.0 Å². The Kier molecular flexibility index (Phi) is 4.77. The number of aromatic carboxylic acids is 1. The van der Waals surface area contributed by atoms with Gasteiger partial charge in [-0.2, -0.15) is 0 Å². The van der Waals surface area contributed by atoms with Crippen LogP contribution >= 0.6 is 22.9 Å². The molecule has 3 N–H and O–H groups in total. The van der Waals surface area contributed by atoms with Gasteiger partial charge in [-0.3, -0.25) is 0 Å². The van der Waals surface area contributed by atoms with Crippen molar-refractivity contribution < 1.29 is 14.7 Å². The van der Waals surface area contributed by atoms with Gasteiger partial charge in [0.05, 0.1) is 22.8 Å². The summed E-state index contributed by atoms with van der Waals surface area (Å²) in [5.74, 6) is -1.16. The van der Waals surface area contributed by atoms with E-state index in [1.54, 1.807) is 6.20 Å². The third-order valence-corrected chi connectivity index (χ3v) is 3.70. The second kappa shape index (κ2) is 6.55. The number of hydrogen-bond donors (Lipinski definition) is 3. The number of urea groups is 1. The first kappa shape index (κ1) is 15.3. The molecule has 0 saturated heterocycles. The minimum absolute atomic E-state index is 0.0636. The van der Waals surface area contributed by atoms with Crippen LogP contribution in [0.15, 0.2) is 24.4 Å². The van der Waals surface area contributed by atoms with Gasteiger partial charge in [0.15, 0.2) is 0 Å². The normalized spacial score (nSPS) is 10.2. The Balaban J connectivity index is 2.01. The number of aromatic nitrogens is 1. The van der Waals surface area contributed by atoms with Crippen LogP contribution in [0, 0.1) is 6.92 Å². The Labute approximate surface area is 129 Å². The second-order valence-electron chi connectivity index (χ2n) is 4.15. The number of hydrogen-bond acceptors (Lipinski definition) is 4. The second-order valence-corrected chi connectivity index (χ2v) is 5.90. The average Bonchev–Trinajstić information content (AvgIpc) is 2.84. The van der Waals surface area contributed by atoms with Gasteiger partial charge in [-0.15, -0.1) is 11.3 Å². The maximum absolute atomic E-state index is 11.8. The van der Waals surface area contributed by atoms with Gasteiger partial charge in [-0.05, 0) is 25.1 Å². The standard InChI is InChI=1S/C13H12ClN3O3S/c1-7-15-5-9(21-7)6-16-13(20)17-11-3-2-8(14)4-10(11)12(18)19/h2-5H,6H2,1H3,(H,18,19)(H2,16,17,20). The summed E-state index contributed by atoms with van der Waals surface area (Å²) in [4.78, 5) is 27.9. The molecule has 2 amide bonds. The summed E-state index contributed by atoms with van der Waals surface area (Å²) >= 11 is 7.22. The van der Waals surface area contributed by atoms with Gasteiger partial charge in [-0.25, -0.2) is 14.6 Å². The van der Waals surface area contributed by atoms with Crippen LogP contribution in [-0.2, 0) is 6.54 Å². The molecule has 6 nitrogen and oxygen atoms in total. The molecular formula is C13H12ClN3O3S. The lowest BCUT2D eigenvalue weighted by molar-refractivity contribution is 0.0698. The van der Waals surface area contributed by atoms with E-state index in [1.165, 1.54) is 29.5 Å². The molecular weight excluding hydrogens is 314 g/mol. The van der Waals surface area contributed by atoms with E-state index in [-0.39, 0.29) is 11.3 Å². The molecule has 2 aromatic rings. The smallest absolute Gasteiger partial charge is 0.337 e. The van der Waals surface area contributed by atoms with Gasteiger partial charge in [0, 0.05) is 16.1 Å².